The third-order valence-corrected chi connectivity index (χ3v) is 7.60. The van der Waals surface area contributed by atoms with E-state index in [1.807, 2.05) is 41.5 Å². The molecule has 0 saturated heterocycles. The summed E-state index contributed by atoms with van der Waals surface area (Å²) in [6, 6.07) is 5.96. The van der Waals surface area contributed by atoms with Gasteiger partial charge in [0.05, 0.1) is 6.04 Å². The highest BCUT2D eigenvalue weighted by molar-refractivity contribution is 6.00. The fourth-order valence-electron chi connectivity index (χ4n) is 5.17. The van der Waals surface area contributed by atoms with Crippen molar-refractivity contribution >= 4 is 23.6 Å². The van der Waals surface area contributed by atoms with Crippen molar-refractivity contribution in [2.75, 3.05) is 26.2 Å². The SMILES string of the molecule is CCCN(CCC)C(=O)c1cc(C)cc(C(=O)NC(CNC(C)C(=O)NC(C(=O)NCC(C)C)C(C)C)Cc2cc(F)cc(F)c2)c1. The van der Waals surface area contributed by atoms with Crippen LogP contribution in [0.2, 0.25) is 0 Å². The maximum absolute atomic E-state index is 14.1. The Morgan fingerprint density at radius 1 is 0.766 bits per heavy atom. The molecule has 3 unspecified atom stereocenters. The smallest absolute Gasteiger partial charge is 0.253 e. The van der Waals surface area contributed by atoms with Crippen molar-refractivity contribution in [1.82, 2.24) is 26.2 Å². The van der Waals surface area contributed by atoms with Crippen LogP contribution in [0, 0.1) is 30.4 Å². The lowest BCUT2D eigenvalue weighted by Gasteiger charge is -2.26. The molecule has 0 heterocycles. The summed E-state index contributed by atoms with van der Waals surface area (Å²) in [6.45, 7) is 16.9. The molecular weight excluding hydrogens is 604 g/mol. The molecule has 11 heteroatoms. The lowest BCUT2D eigenvalue weighted by molar-refractivity contribution is -0.131. The van der Waals surface area contributed by atoms with E-state index in [-0.39, 0.29) is 42.2 Å². The van der Waals surface area contributed by atoms with Gasteiger partial charge in [-0.1, -0.05) is 41.5 Å². The highest BCUT2D eigenvalue weighted by Gasteiger charge is 2.27. The zero-order valence-corrected chi connectivity index (χ0v) is 29.1. The average Bonchev–Trinajstić information content (AvgIpc) is 2.99. The molecule has 260 valence electrons. The first-order chi connectivity index (χ1) is 22.1. The number of carbonyl (C=O) groups is 4. The van der Waals surface area contributed by atoms with Crippen molar-refractivity contribution in [3.63, 3.8) is 0 Å². The van der Waals surface area contributed by atoms with Gasteiger partial charge in [-0.05, 0) is 86.4 Å². The Kier molecular flexibility index (Phi) is 16.0. The quantitative estimate of drug-likeness (QED) is 0.184. The van der Waals surface area contributed by atoms with Crippen LogP contribution in [0.5, 0.6) is 0 Å². The van der Waals surface area contributed by atoms with Gasteiger partial charge in [0.15, 0.2) is 0 Å². The van der Waals surface area contributed by atoms with Gasteiger partial charge in [0.1, 0.15) is 17.7 Å². The molecule has 0 saturated carbocycles. The average molecular weight is 658 g/mol. The number of amides is 4. The van der Waals surface area contributed by atoms with Crippen LogP contribution in [0.4, 0.5) is 8.78 Å². The summed E-state index contributed by atoms with van der Waals surface area (Å²) in [5, 5.41) is 11.7. The molecule has 0 aliphatic rings. The minimum absolute atomic E-state index is 0.0619. The first-order valence-electron chi connectivity index (χ1n) is 16.6. The number of hydrogen-bond acceptors (Lipinski definition) is 5. The molecule has 0 aliphatic carbocycles. The number of hydrogen-bond donors (Lipinski definition) is 4. The van der Waals surface area contributed by atoms with Crippen molar-refractivity contribution in [3.05, 3.63) is 70.3 Å². The Labute approximate surface area is 278 Å². The molecule has 4 amide bonds. The summed E-state index contributed by atoms with van der Waals surface area (Å²) in [5.74, 6) is -2.69. The second-order valence-electron chi connectivity index (χ2n) is 13.0. The minimum Gasteiger partial charge on any atom is -0.354 e. The van der Waals surface area contributed by atoms with E-state index < -0.39 is 41.6 Å². The molecule has 4 N–H and O–H groups in total. The number of benzene rings is 2. The maximum atomic E-state index is 14.1. The fourth-order valence-corrected chi connectivity index (χ4v) is 5.17. The third-order valence-electron chi connectivity index (χ3n) is 7.60. The predicted molar refractivity (Wildman–Crippen MR) is 181 cm³/mol. The Balaban J connectivity index is 2.26. The molecule has 2 aromatic rings. The Morgan fingerprint density at radius 3 is 1.91 bits per heavy atom. The molecule has 0 spiro atoms. The van der Waals surface area contributed by atoms with Crippen molar-refractivity contribution in [2.24, 2.45) is 11.8 Å². The van der Waals surface area contributed by atoms with Crippen LogP contribution in [-0.2, 0) is 16.0 Å². The zero-order chi connectivity index (χ0) is 35.3. The van der Waals surface area contributed by atoms with Crippen LogP contribution in [-0.4, -0.2) is 72.8 Å². The summed E-state index contributed by atoms with van der Waals surface area (Å²) >= 11 is 0. The molecule has 47 heavy (non-hydrogen) atoms. The fraction of sp³-hybridized carbons (Fsp3) is 0.556. The first kappa shape index (κ1) is 39.3. The number of halogens is 2. The normalized spacial score (nSPS) is 13.2. The van der Waals surface area contributed by atoms with Gasteiger partial charge in [0.2, 0.25) is 11.8 Å². The summed E-state index contributed by atoms with van der Waals surface area (Å²) in [4.78, 5) is 54.5. The number of carbonyl (C=O) groups excluding carboxylic acids is 4. The van der Waals surface area contributed by atoms with E-state index in [1.165, 1.54) is 12.1 Å². The highest BCUT2D eigenvalue weighted by Crippen LogP contribution is 2.15. The van der Waals surface area contributed by atoms with Gasteiger partial charge in [-0.3, -0.25) is 19.2 Å². The summed E-state index contributed by atoms with van der Waals surface area (Å²) in [5.41, 5.74) is 1.73. The standard InChI is InChI=1S/C36H53F2N5O4/c1-9-11-43(12-10-2)36(47)28-14-24(7)13-27(18-28)34(45)41-31(17-26-15-29(37)19-30(38)16-26)21-39-25(8)33(44)42-32(23(5)6)35(46)40-20-22(3)4/h13-16,18-19,22-23,25,31-32,39H,9-12,17,20-21H2,1-8H3,(H,40,46)(H,41,45)(H,42,44). The molecule has 0 radical (unpaired) electrons. The molecule has 0 aliphatic heterocycles. The van der Waals surface area contributed by atoms with E-state index in [2.05, 4.69) is 21.3 Å². The molecule has 3 atom stereocenters. The second kappa shape index (κ2) is 19.1. The van der Waals surface area contributed by atoms with E-state index in [9.17, 15) is 28.0 Å². The lowest BCUT2D eigenvalue weighted by Crippen LogP contribution is -2.55. The number of nitrogens with one attached hydrogen (secondary N) is 4. The van der Waals surface area contributed by atoms with E-state index in [0.717, 1.165) is 24.5 Å². The highest BCUT2D eigenvalue weighted by atomic mass is 19.1. The summed E-state index contributed by atoms with van der Waals surface area (Å²) in [6.07, 6.45) is 1.67. The van der Waals surface area contributed by atoms with Gasteiger partial charge in [-0.25, -0.2) is 8.78 Å². The van der Waals surface area contributed by atoms with Gasteiger partial charge in [0.25, 0.3) is 11.8 Å². The minimum atomic E-state index is -0.760. The largest absolute Gasteiger partial charge is 0.354 e. The second-order valence-corrected chi connectivity index (χ2v) is 13.0. The predicted octanol–water partition coefficient (Wildman–Crippen LogP) is 4.77. The van der Waals surface area contributed by atoms with Crippen LogP contribution in [0.3, 0.4) is 0 Å². The summed E-state index contributed by atoms with van der Waals surface area (Å²) < 4.78 is 28.1. The van der Waals surface area contributed by atoms with Crippen molar-refractivity contribution in [2.45, 2.75) is 92.8 Å². The zero-order valence-electron chi connectivity index (χ0n) is 29.1. The monoisotopic (exact) mass is 657 g/mol. The number of nitrogens with zero attached hydrogens (tertiary/aromatic N) is 1. The molecule has 9 nitrogen and oxygen atoms in total. The molecule has 0 aromatic heterocycles. The van der Waals surface area contributed by atoms with E-state index >= 15 is 0 Å². The van der Waals surface area contributed by atoms with Gasteiger partial charge in [-0.15, -0.1) is 0 Å². The van der Waals surface area contributed by atoms with Gasteiger partial charge < -0.3 is 26.2 Å². The topological polar surface area (TPSA) is 120 Å². The maximum Gasteiger partial charge on any atom is 0.253 e. The van der Waals surface area contributed by atoms with Crippen molar-refractivity contribution in [1.29, 1.82) is 0 Å². The van der Waals surface area contributed by atoms with Crippen LogP contribution < -0.4 is 21.3 Å². The Hall–Kier alpha value is -3.86. The van der Waals surface area contributed by atoms with Crippen molar-refractivity contribution < 1.29 is 28.0 Å². The van der Waals surface area contributed by atoms with Crippen LogP contribution in [0.15, 0.2) is 36.4 Å². The van der Waals surface area contributed by atoms with E-state index in [4.69, 9.17) is 0 Å². The molecule has 2 aromatic carbocycles. The third kappa shape index (κ3) is 13.0. The first-order valence-corrected chi connectivity index (χ1v) is 16.6. The number of rotatable bonds is 18. The molecular formula is C36H53F2N5O4. The Morgan fingerprint density at radius 2 is 1.36 bits per heavy atom. The van der Waals surface area contributed by atoms with Gasteiger partial charge in [0, 0.05) is 49.4 Å². The summed E-state index contributed by atoms with van der Waals surface area (Å²) in [7, 11) is 0. The van der Waals surface area contributed by atoms with E-state index in [1.54, 1.807) is 36.9 Å². The van der Waals surface area contributed by atoms with E-state index in [0.29, 0.717) is 30.8 Å². The molecule has 0 fully saturated rings. The Bertz CT molecular complexity index is 1340. The lowest BCUT2D eigenvalue weighted by atomic mass is 10.0. The van der Waals surface area contributed by atoms with Crippen LogP contribution >= 0.6 is 0 Å². The molecule has 0 bridgehead atoms. The van der Waals surface area contributed by atoms with Gasteiger partial charge in [-0.2, -0.15) is 0 Å². The van der Waals surface area contributed by atoms with Gasteiger partial charge >= 0.3 is 0 Å². The van der Waals surface area contributed by atoms with Crippen molar-refractivity contribution in [3.8, 4) is 0 Å². The number of aryl methyl sites for hydroxylation is 1. The molecule has 2 rings (SSSR count). The van der Waals surface area contributed by atoms with Crippen LogP contribution in [0.1, 0.15) is 93.2 Å². The van der Waals surface area contributed by atoms with Crippen LogP contribution in [0.25, 0.3) is 0 Å².